The fourth-order valence-corrected chi connectivity index (χ4v) is 5.97. The minimum atomic E-state index is -0.159. The summed E-state index contributed by atoms with van der Waals surface area (Å²) in [4.78, 5) is 18.1. The maximum Gasteiger partial charge on any atom is 0.253 e. The third-order valence-corrected chi connectivity index (χ3v) is 7.89. The van der Waals surface area contributed by atoms with E-state index in [4.69, 9.17) is 14.6 Å². The molecule has 0 fully saturated rings. The van der Waals surface area contributed by atoms with Gasteiger partial charge in [0.2, 0.25) is 0 Å². The number of rotatable bonds is 8. The number of ether oxygens (including phenoxy) is 2. The normalized spacial score (nSPS) is 15.3. The summed E-state index contributed by atoms with van der Waals surface area (Å²) >= 11 is 3.02. The van der Waals surface area contributed by atoms with E-state index in [2.05, 4.69) is 4.98 Å². The maximum absolute atomic E-state index is 13.4. The molecule has 0 saturated heterocycles. The van der Waals surface area contributed by atoms with Crippen molar-refractivity contribution < 1.29 is 14.3 Å². The quantitative estimate of drug-likeness (QED) is 0.269. The zero-order valence-corrected chi connectivity index (χ0v) is 21.1. The molecule has 1 amide bonds. The molecule has 0 bridgehead atoms. The number of nitrogens with zero attached hydrogens (tertiary/aromatic N) is 3. The van der Waals surface area contributed by atoms with Crippen LogP contribution in [0.25, 0.3) is 10.2 Å². The number of hydrogen-bond acceptors (Lipinski definition) is 7. The number of benzene rings is 3. The Morgan fingerprint density at radius 2 is 1.86 bits per heavy atom. The molecule has 1 aromatic heterocycles. The Hall–Kier alpha value is -3.36. The van der Waals surface area contributed by atoms with Crippen LogP contribution in [0.5, 0.6) is 11.5 Å². The second kappa shape index (κ2) is 10.5. The van der Waals surface area contributed by atoms with Crippen LogP contribution in [0.4, 0.5) is 0 Å². The van der Waals surface area contributed by atoms with E-state index in [9.17, 15) is 4.79 Å². The van der Waals surface area contributed by atoms with Gasteiger partial charge in [-0.15, -0.1) is 11.3 Å². The standard InChI is InChI=1S/C27H25N3O3S2/c1-3-33-21-13-14-22-25(15-21)35-27(28-22)34-17-26(31)30-24(19-9-11-20(32-2)12-10-19)16-23(29-30)18-7-5-4-6-8-18/h4-15,24H,3,16-17H2,1-2H3. The maximum atomic E-state index is 13.4. The molecule has 6 nitrogen and oxygen atoms in total. The number of methoxy groups -OCH3 is 1. The van der Waals surface area contributed by atoms with Crippen LogP contribution in [0.1, 0.15) is 30.5 Å². The van der Waals surface area contributed by atoms with Gasteiger partial charge in [-0.1, -0.05) is 54.2 Å². The third-order valence-electron chi connectivity index (χ3n) is 5.74. The summed E-state index contributed by atoms with van der Waals surface area (Å²) in [5.41, 5.74) is 3.88. The fourth-order valence-electron chi connectivity index (χ4n) is 4.02. The number of carbonyl (C=O) groups is 1. The number of aromatic nitrogens is 1. The number of amides is 1. The highest BCUT2D eigenvalue weighted by Gasteiger charge is 2.33. The van der Waals surface area contributed by atoms with Crippen LogP contribution >= 0.6 is 23.1 Å². The van der Waals surface area contributed by atoms with Crippen molar-refractivity contribution >= 4 is 44.9 Å². The van der Waals surface area contributed by atoms with Gasteiger partial charge in [-0.3, -0.25) is 4.79 Å². The summed E-state index contributed by atoms with van der Waals surface area (Å²) in [5, 5.41) is 6.40. The minimum Gasteiger partial charge on any atom is -0.497 e. The van der Waals surface area contributed by atoms with Gasteiger partial charge in [-0.25, -0.2) is 9.99 Å². The highest BCUT2D eigenvalue weighted by Crippen LogP contribution is 2.36. The van der Waals surface area contributed by atoms with Gasteiger partial charge in [0.25, 0.3) is 5.91 Å². The van der Waals surface area contributed by atoms with Crippen molar-refractivity contribution in [3.8, 4) is 11.5 Å². The number of thiazole rings is 1. The molecule has 1 atom stereocenters. The van der Waals surface area contributed by atoms with Gasteiger partial charge in [0, 0.05) is 6.42 Å². The van der Waals surface area contributed by atoms with Gasteiger partial charge in [-0.2, -0.15) is 5.10 Å². The molecule has 5 rings (SSSR count). The van der Waals surface area contributed by atoms with E-state index in [1.807, 2.05) is 79.7 Å². The van der Waals surface area contributed by atoms with E-state index >= 15 is 0 Å². The lowest BCUT2D eigenvalue weighted by Crippen LogP contribution is -2.28. The Kier molecular flexibility index (Phi) is 7.01. The zero-order chi connectivity index (χ0) is 24.2. The predicted molar refractivity (Wildman–Crippen MR) is 142 cm³/mol. The lowest BCUT2D eigenvalue weighted by atomic mass is 9.98. The molecular weight excluding hydrogens is 478 g/mol. The lowest BCUT2D eigenvalue weighted by Gasteiger charge is -2.22. The van der Waals surface area contributed by atoms with Crippen LogP contribution in [-0.2, 0) is 4.79 Å². The first-order valence-corrected chi connectivity index (χ1v) is 13.2. The number of hydrazone groups is 1. The van der Waals surface area contributed by atoms with Crippen LogP contribution in [0.3, 0.4) is 0 Å². The van der Waals surface area contributed by atoms with E-state index in [1.54, 1.807) is 23.5 Å². The van der Waals surface area contributed by atoms with E-state index in [-0.39, 0.29) is 17.7 Å². The monoisotopic (exact) mass is 503 g/mol. The molecule has 2 heterocycles. The zero-order valence-electron chi connectivity index (χ0n) is 19.5. The van der Waals surface area contributed by atoms with Gasteiger partial charge in [0.05, 0.1) is 41.4 Å². The van der Waals surface area contributed by atoms with Crippen molar-refractivity contribution in [2.24, 2.45) is 5.10 Å². The van der Waals surface area contributed by atoms with Gasteiger partial charge in [-0.05, 0) is 48.4 Å². The van der Waals surface area contributed by atoms with Crippen LogP contribution in [0.15, 0.2) is 82.2 Å². The van der Waals surface area contributed by atoms with Gasteiger partial charge >= 0.3 is 0 Å². The molecule has 4 aromatic rings. The molecule has 0 radical (unpaired) electrons. The average Bonchev–Trinajstić information content (AvgIpc) is 3.52. The molecule has 0 saturated carbocycles. The van der Waals surface area contributed by atoms with Crippen LogP contribution in [0.2, 0.25) is 0 Å². The van der Waals surface area contributed by atoms with Crippen LogP contribution in [-0.4, -0.2) is 41.1 Å². The fraction of sp³-hybridized carbons (Fsp3) is 0.222. The Labute approximate surface area is 212 Å². The second-order valence-electron chi connectivity index (χ2n) is 7.98. The van der Waals surface area contributed by atoms with Gasteiger partial charge < -0.3 is 9.47 Å². The first-order valence-electron chi connectivity index (χ1n) is 11.4. The van der Waals surface area contributed by atoms with E-state index in [0.29, 0.717) is 13.0 Å². The molecule has 0 aliphatic carbocycles. The predicted octanol–water partition coefficient (Wildman–Crippen LogP) is 6.17. The summed E-state index contributed by atoms with van der Waals surface area (Å²) in [6.07, 6.45) is 0.661. The van der Waals surface area contributed by atoms with Crippen molar-refractivity contribution in [1.29, 1.82) is 0 Å². The largest absolute Gasteiger partial charge is 0.497 e. The SMILES string of the molecule is CCOc1ccc2nc(SCC(=O)N3N=C(c4ccccc4)CC3c3ccc(OC)cc3)sc2c1. The van der Waals surface area contributed by atoms with Gasteiger partial charge in [0.1, 0.15) is 11.5 Å². The van der Waals surface area contributed by atoms with Crippen molar-refractivity contribution in [2.75, 3.05) is 19.5 Å². The Balaban J connectivity index is 1.35. The van der Waals surface area contributed by atoms with E-state index in [1.165, 1.54) is 11.8 Å². The summed E-state index contributed by atoms with van der Waals surface area (Å²) < 4.78 is 12.8. The van der Waals surface area contributed by atoms with Crippen molar-refractivity contribution in [1.82, 2.24) is 9.99 Å². The molecule has 0 N–H and O–H groups in total. The van der Waals surface area contributed by atoms with Crippen molar-refractivity contribution in [3.05, 3.63) is 83.9 Å². The first kappa shape index (κ1) is 23.4. The van der Waals surface area contributed by atoms with Crippen molar-refractivity contribution in [3.63, 3.8) is 0 Å². The highest BCUT2D eigenvalue weighted by molar-refractivity contribution is 8.01. The smallest absolute Gasteiger partial charge is 0.253 e. The Morgan fingerprint density at radius 1 is 1.09 bits per heavy atom. The molecule has 178 valence electrons. The topological polar surface area (TPSA) is 64.0 Å². The molecular formula is C27H25N3O3S2. The highest BCUT2D eigenvalue weighted by atomic mass is 32.2. The molecule has 3 aromatic carbocycles. The Bertz CT molecular complexity index is 1350. The average molecular weight is 504 g/mol. The van der Waals surface area contributed by atoms with Crippen LogP contribution in [0, 0.1) is 0 Å². The first-order chi connectivity index (χ1) is 17.1. The number of thioether (sulfide) groups is 1. The number of carbonyl (C=O) groups excluding carboxylic acids is 1. The van der Waals surface area contributed by atoms with E-state index < -0.39 is 0 Å². The lowest BCUT2D eigenvalue weighted by molar-refractivity contribution is -0.130. The minimum absolute atomic E-state index is 0.0454. The van der Waals surface area contributed by atoms with Crippen LogP contribution < -0.4 is 9.47 Å². The molecule has 1 aliphatic rings. The molecule has 1 aliphatic heterocycles. The second-order valence-corrected chi connectivity index (χ2v) is 10.2. The summed E-state index contributed by atoms with van der Waals surface area (Å²) in [7, 11) is 1.65. The third kappa shape index (κ3) is 5.18. The Morgan fingerprint density at radius 3 is 2.60 bits per heavy atom. The van der Waals surface area contributed by atoms with E-state index in [0.717, 1.165) is 42.9 Å². The molecule has 35 heavy (non-hydrogen) atoms. The van der Waals surface area contributed by atoms with Gasteiger partial charge in [0.15, 0.2) is 4.34 Å². The molecule has 1 unspecified atom stereocenters. The summed E-state index contributed by atoms with van der Waals surface area (Å²) in [5.74, 6) is 1.83. The summed E-state index contributed by atoms with van der Waals surface area (Å²) in [6.45, 7) is 2.59. The molecule has 0 spiro atoms. The van der Waals surface area contributed by atoms with Crippen molar-refractivity contribution in [2.45, 2.75) is 23.7 Å². The number of fused-ring (bicyclic) bond motifs is 1. The number of hydrogen-bond donors (Lipinski definition) is 0. The summed E-state index contributed by atoms with van der Waals surface area (Å²) in [6, 6.07) is 23.6. The molecule has 8 heteroatoms.